The van der Waals surface area contributed by atoms with Gasteiger partial charge in [0.15, 0.2) is 0 Å². The van der Waals surface area contributed by atoms with Crippen LogP contribution in [-0.4, -0.2) is 17.8 Å². The molecule has 0 aliphatic heterocycles. The molecule has 0 atom stereocenters. The third-order valence-electron chi connectivity index (χ3n) is 2.97. The number of nitriles is 1. The van der Waals surface area contributed by atoms with Crippen molar-refractivity contribution >= 4 is 11.8 Å². The van der Waals surface area contributed by atoms with Crippen molar-refractivity contribution in [3.63, 3.8) is 0 Å². The van der Waals surface area contributed by atoms with E-state index in [1.54, 1.807) is 17.8 Å². The van der Waals surface area contributed by atoms with Crippen molar-refractivity contribution in [3.05, 3.63) is 46.2 Å². The summed E-state index contributed by atoms with van der Waals surface area (Å²) in [5.74, 6) is 0.731. The molecule has 0 bridgehead atoms. The van der Waals surface area contributed by atoms with Crippen LogP contribution >= 0.6 is 11.8 Å². The second-order valence-electron chi connectivity index (χ2n) is 4.44. The van der Waals surface area contributed by atoms with Crippen molar-refractivity contribution in [2.75, 3.05) is 12.9 Å². The standard InChI is InChI=1S/C16H16N2O2S/c1-3-8-20-15-7-5-12(21-2)9-13(15)14-6-4-11(10-17)16(19)18-14/h4-7,9H,3,8H2,1-2H3,(H,18,19). The first kappa shape index (κ1) is 15.2. The van der Waals surface area contributed by atoms with Gasteiger partial charge in [-0.05, 0) is 43.0 Å². The van der Waals surface area contributed by atoms with E-state index in [4.69, 9.17) is 10.00 Å². The number of nitrogens with zero attached hydrogens (tertiary/aromatic N) is 1. The number of thioether (sulfide) groups is 1. The molecule has 2 aromatic rings. The molecule has 0 aliphatic carbocycles. The number of aromatic amines is 1. The molecule has 21 heavy (non-hydrogen) atoms. The van der Waals surface area contributed by atoms with Crippen molar-refractivity contribution in [2.24, 2.45) is 0 Å². The number of hydrogen-bond acceptors (Lipinski definition) is 4. The molecule has 0 unspecified atom stereocenters. The number of nitrogens with one attached hydrogen (secondary N) is 1. The summed E-state index contributed by atoms with van der Waals surface area (Å²) in [6.07, 6.45) is 2.90. The molecule has 1 heterocycles. The maximum atomic E-state index is 11.8. The Balaban J connectivity index is 2.52. The monoisotopic (exact) mass is 300 g/mol. The van der Waals surface area contributed by atoms with Crippen LogP contribution in [0.5, 0.6) is 5.75 Å². The first-order chi connectivity index (χ1) is 10.2. The number of aromatic nitrogens is 1. The van der Waals surface area contributed by atoms with Gasteiger partial charge in [-0.15, -0.1) is 11.8 Å². The van der Waals surface area contributed by atoms with Gasteiger partial charge in [0.2, 0.25) is 0 Å². The largest absolute Gasteiger partial charge is 0.493 e. The SMILES string of the molecule is CCCOc1ccc(SC)cc1-c1ccc(C#N)c(=O)[nH]1. The van der Waals surface area contributed by atoms with Gasteiger partial charge in [0.25, 0.3) is 5.56 Å². The molecule has 0 spiro atoms. The summed E-state index contributed by atoms with van der Waals surface area (Å²) < 4.78 is 5.74. The normalized spacial score (nSPS) is 10.1. The predicted molar refractivity (Wildman–Crippen MR) is 84.8 cm³/mol. The van der Waals surface area contributed by atoms with Gasteiger partial charge in [-0.25, -0.2) is 0 Å². The lowest BCUT2D eigenvalue weighted by atomic mass is 10.1. The smallest absolute Gasteiger partial charge is 0.266 e. The van der Waals surface area contributed by atoms with Gasteiger partial charge in [-0.3, -0.25) is 4.79 Å². The zero-order valence-corrected chi connectivity index (χ0v) is 12.8. The van der Waals surface area contributed by atoms with E-state index < -0.39 is 0 Å². The summed E-state index contributed by atoms with van der Waals surface area (Å²) in [6, 6.07) is 11.0. The summed E-state index contributed by atoms with van der Waals surface area (Å²) >= 11 is 1.62. The highest BCUT2D eigenvalue weighted by Crippen LogP contribution is 2.32. The van der Waals surface area contributed by atoms with E-state index in [1.165, 1.54) is 6.07 Å². The Morgan fingerprint density at radius 1 is 1.33 bits per heavy atom. The predicted octanol–water partition coefficient (Wildman–Crippen LogP) is 3.42. The van der Waals surface area contributed by atoms with Gasteiger partial charge in [0.1, 0.15) is 17.4 Å². The van der Waals surface area contributed by atoms with Crippen molar-refractivity contribution in [2.45, 2.75) is 18.2 Å². The molecule has 0 fully saturated rings. The second kappa shape index (κ2) is 7.00. The summed E-state index contributed by atoms with van der Waals surface area (Å²) in [5, 5.41) is 8.83. The minimum absolute atomic E-state index is 0.107. The molecule has 5 heteroatoms. The molecular formula is C16H16N2O2S. The van der Waals surface area contributed by atoms with Crippen LogP contribution in [0.25, 0.3) is 11.3 Å². The fourth-order valence-electron chi connectivity index (χ4n) is 1.90. The maximum absolute atomic E-state index is 11.8. The Kier molecular flexibility index (Phi) is 5.07. The molecule has 1 N–H and O–H groups in total. The van der Waals surface area contributed by atoms with Crippen molar-refractivity contribution in [3.8, 4) is 23.1 Å². The van der Waals surface area contributed by atoms with Crippen LogP contribution in [0.15, 0.2) is 40.0 Å². The van der Waals surface area contributed by atoms with Gasteiger partial charge in [-0.1, -0.05) is 6.92 Å². The number of hydrogen-bond donors (Lipinski definition) is 1. The molecule has 1 aromatic carbocycles. The molecule has 0 amide bonds. The molecule has 2 rings (SSSR count). The fourth-order valence-corrected chi connectivity index (χ4v) is 2.34. The van der Waals surface area contributed by atoms with Crippen LogP contribution in [-0.2, 0) is 0 Å². The highest BCUT2D eigenvalue weighted by atomic mass is 32.2. The van der Waals surface area contributed by atoms with E-state index >= 15 is 0 Å². The van der Waals surface area contributed by atoms with Gasteiger partial charge in [-0.2, -0.15) is 5.26 Å². The van der Waals surface area contributed by atoms with Gasteiger partial charge in [0, 0.05) is 10.5 Å². The zero-order chi connectivity index (χ0) is 15.2. The van der Waals surface area contributed by atoms with Crippen molar-refractivity contribution in [1.82, 2.24) is 4.98 Å². The lowest BCUT2D eigenvalue weighted by molar-refractivity contribution is 0.318. The Bertz CT molecular complexity index is 732. The van der Waals surface area contributed by atoms with Crippen LogP contribution < -0.4 is 10.3 Å². The van der Waals surface area contributed by atoms with Crippen LogP contribution in [0.3, 0.4) is 0 Å². The molecule has 0 aliphatic rings. The highest BCUT2D eigenvalue weighted by molar-refractivity contribution is 7.98. The van der Waals surface area contributed by atoms with Crippen LogP contribution in [0.1, 0.15) is 18.9 Å². The topological polar surface area (TPSA) is 65.9 Å². The third kappa shape index (κ3) is 3.47. The number of H-pyrrole nitrogens is 1. The average molecular weight is 300 g/mol. The van der Waals surface area contributed by atoms with Crippen LogP contribution in [0.4, 0.5) is 0 Å². The van der Waals surface area contributed by atoms with Crippen LogP contribution in [0.2, 0.25) is 0 Å². The average Bonchev–Trinajstić information content (AvgIpc) is 2.52. The number of rotatable bonds is 5. The Morgan fingerprint density at radius 3 is 2.76 bits per heavy atom. The first-order valence-electron chi connectivity index (χ1n) is 6.64. The Hall–Kier alpha value is -2.19. The lowest BCUT2D eigenvalue weighted by Gasteiger charge is -2.12. The molecule has 0 radical (unpaired) electrons. The van der Waals surface area contributed by atoms with Gasteiger partial charge in [0.05, 0.1) is 12.3 Å². The van der Waals surface area contributed by atoms with Crippen molar-refractivity contribution in [1.29, 1.82) is 5.26 Å². The van der Waals surface area contributed by atoms with E-state index in [9.17, 15) is 4.79 Å². The van der Waals surface area contributed by atoms with Crippen molar-refractivity contribution < 1.29 is 4.74 Å². The lowest BCUT2D eigenvalue weighted by Crippen LogP contribution is -2.10. The van der Waals surface area contributed by atoms with Crippen LogP contribution in [0, 0.1) is 11.3 Å². The maximum Gasteiger partial charge on any atom is 0.266 e. The molecule has 108 valence electrons. The molecule has 4 nitrogen and oxygen atoms in total. The quantitative estimate of drug-likeness (QED) is 0.859. The number of benzene rings is 1. The minimum Gasteiger partial charge on any atom is -0.493 e. The molecule has 0 saturated carbocycles. The highest BCUT2D eigenvalue weighted by Gasteiger charge is 2.10. The van der Waals surface area contributed by atoms with Gasteiger partial charge < -0.3 is 9.72 Å². The van der Waals surface area contributed by atoms with E-state index in [0.29, 0.717) is 12.3 Å². The van der Waals surface area contributed by atoms with E-state index in [2.05, 4.69) is 4.98 Å². The third-order valence-corrected chi connectivity index (χ3v) is 3.69. The minimum atomic E-state index is -0.383. The molecule has 0 saturated heterocycles. The van der Waals surface area contributed by atoms with Gasteiger partial charge >= 0.3 is 0 Å². The number of pyridine rings is 1. The van der Waals surface area contributed by atoms with E-state index in [0.717, 1.165) is 22.6 Å². The first-order valence-corrected chi connectivity index (χ1v) is 7.86. The molecular weight excluding hydrogens is 284 g/mol. The summed E-state index contributed by atoms with van der Waals surface area (Å²) in [5.41, 5.74) is 1.21. The summed E-state index contributed by atoms with van der Waals surface area (Å²) in [4.78, 5) is 15.6. The van der Waals surface area contributed by atoms with E-state index in [-0.39, 0.29) is 11.1 Å². The Morgan fingerprint density at radius 2 is 2.14 bits per heavy atom. The zero-order valence-electron chi connectivity index (χ0n) is 12.0. The Labute approximate surface area is 127 Å². The fraction of sp³-hybridized carbons (Fsp3) is 0.250. The summed E-state index contributed by atoms with van der Waals surface area (Å²) in [7, 11) is 0. The molecule has 1 aromatic heterocycles. The second-order valence-corrected chi connectivity index (χ2v) is 5.32. The summed E-state index contributed by atoms with van der Waals surface area (Å²) in [6.45, 7) is 2.66. The van der Waals surface area contributed by atoms with E-state index in [1.807, 2.05) is 37.4 Å². The number of ether oxygens (including phenoxy) is 1.